The van der Waals surface area contributed by atoms with Crippen LogP contribution < -0.4 is 10.1 Å². The Kier molecular flexibility index (Phi) is 3.33. The van der Waals surface area contributed by atoms with E-state index >= 15 is 0 Å². The fourth-order valence-electron chi connectivity index (χ4n) is 1.24. The van der Waals surface area contributed by atoms with Crippen LogP contribution in [0.3, 0.4) is 0 Å². The minimum absolute atomic E-state index is 0.0695. The molecule has 2 N–H and O–H groups in total. The van der Waals surface area contributed by atoms with E-state index in [1.165, 1.54) is 31.8 Å². The molecule has 0 aliphatic carbocycles. The van der Waals surface area contributed by atoms with E-state index in [0.717, 1.165) is 0 Å². The fourth-order valence-corrected chi connectivity index (χ4v) is 1.24. The lowest BCUT2D eigenvalue weighted by Gasteiger charge is -2.05. The molecule has 0 atom stereocenters. The van der Waals surface area contributed by atoms with Crippen molar-refractivity contribution in [3.05, 3.63) is 36.4 Å². The largest absolute Gasteiger partial charge is 0.504 e. The Morgan fingerprint density at radius 1 is 1.39 bits per heavy atom. The highest BCUT2D eigenvalue weighted by Gasteiger charge is 2.12. The van der Waals surface area contributed by atoms with E-state index in [2.05, 4.69) is 20.3 Å². The lowest BCUT2D eigenvalue weighted by atomic mass is 10.3. The van der Waals surface area contributed by atoms with E-state index in [1.807, 2.05) is 0 Å². The topological polar surface area (TPSA) is 97.2 Å². The normalized spacial score (nSPS) is 9.83. The number of methoxy groups -OCH3 is 1. The average Bonchev–Trinajstić information content (AvgIpc) is 2.41. The molecule has 7 heteroatoms. The van der Waals surface area contributed by atoms with Crippen LogP contribution in [0.5, 0.6) is 11.6 Å². The number of anilines is 1. The first-order chi connectivity index (χ1) is 8.70. The van der Waals surface area contributed by atoms with E-state index < -0.39 is 5.91 Å². The Morgan fingerprint density at radius 2 is 2.22 bits per heavy atom. The van der Waals surface area contributed by atoms with Crippen LogP contribution >= 0.6 is 0 Å². The molecule has 7 nitrogen and oxygen atoms in total. The summed E-state index contributed by atoms with van der Waals surface area (Å²) in [7, 11) is 1.44. The Balaban J connectivity index is 2.19. The predicted molar refractivity (Wildman–Crippen MR) is 62.4 cm³/mol. The second kappa shape index (κ2) is 5.09. The molecule has 1 amide bonds. The summed E-state index contributed by atoms with van der Waals surface area (Å²) < 4.78 is 4.88. The Morgan fingerprint density at radius 3 is 2.94 bits per heavy atom. The van der Waals surface area contributed by atoms with Gasteiger partial charge in [0.1, 0.15) is 12.0 Å². The number of hydrogen-bond acceptors (Lipinski definition) is 6. The standard InChI is InChI=1S/C11H10N4O3/c1-18-9-5-7(13-6-14-9)11(17)15-10-8(16)3-2-4-12-10/h2-6,16H,1H3,(H,12,15,17). The highest BCUT2D eigenvalue weighted by atomic mass is 16.5. The van der Waals surface area contributed by atoms with E-state index in [-0.39, 0.29) is 23.1 Å². The lowest BCUT2D eigenvalue weighted by molar-refractivity contribution is 0.102. The monoisotopic (exact) mass is 246 g/mol. The van der Waals surface area contributed by atoms with Gasteiger partial charge in [0.2, 0.25) is 5.88 Å². The van der Waals surface area contributed by atoms with Gasteiger partial charge >= 0.3 is 0 Å². The number of hydrogen-bond donors (Lipinski definition) is 2. The number of nitrogens with one attached hydrogen (secondary N) is 1. The fraction of sp³-hybridized carbons (Fsp3) is 0.0909. The van der Waals surface area contributed by atoms with Crippen molar-refractivity contribution in [1.82, 2.24) is 15.0 Å². The molecule has 0 bridgehead atoms. The van der Waals surface area contributed by atoms with Crippen molar-refractivity contribution in [2.75, 3.05) is 12.4 Å². The van der Waals surface area contributed by atoms with Crippen LogP contribution in [0.25, 0.3) is 0 Å². The predicted octanol–water partition coefficient (Wildman–Crippen LogP) is 0.838. The molecule has 0 radical (unpaired) electrons. The van der Waals surface area contributed by atoms with E-state index in [4.69, 9.17) is 4.74 Å². The molecule has 0 fully saturated rings. The van der Waals surface area contributed by atoms with Crippen LogP contribution in [0.1, 0.15) is 10.5 Å². The molecule has 2 aromatic heterocycles. The number of carbonyl (C=O) groups is 1. The quantitative estimate of drug-likeness (QED) is 0.832. The van der Waals surface area contributed by atoms with Crippen LogP contribution in [0.2, 0.25) is 0 Å². The first kappa shape index (κ1) is 11.8. The molecule has 2 rings (SSSR count). The average molecular weight is 246 g/mol. The summed E-state index contributed by atoms with van der Waals surface area (Å²) in [4.78, 5) is 23.2. The zero-order valence-corrected chi connectivity index (χ0v) is 9.49. The summed E-state index contributed by atoms with van der Waals surface area (Å²) in [5.41, 5.74) is 0.118. The third kappa shape index (κ3) is 2.51. The number of amides is 1. The molecular weight excluding hydrogens is 236 g/mol. The Hall–Kier alpha value is -2.70. The maximum absolute atomic E-state index is 11.8. The maximum atomic E-state index is 11.8. The van der Waals surface area contributed by atoms with Gasteiger partial charge in [-0.05, 0) is 12.1 Å². The maximum Gasteiger partial charge on any atom is 0.275 e. The Labute approximate surface area is 102 Å². The molecule has 0 spiro atoms. The van der Waals surface area contributed by atoms with Gasteiger partial charge in [0.15, 0.2) is 11.6 Å². The summed E-state index contributed by atoms with van der Waals surface area (Å²) in [6.45, 7) is 0. The zero-order valence-electron chi connectivity index (χ0n) is 9.49. The molecule has 0 unspecified atom stereocenters. The first-order valence-electron chi connectivity index (χ1n) is 5.02. The number of pyridine rings is 1. The van der Waals surface area contributed by atoms with Crippen molar-refractivity contribution in [3.8, 4) is 11.6 Å². The summed E-state index contributed by atoms with van der Waals surface area (Å²) in [5, 5.41) is 11.9. The zero-order chi connectivity index (χ0) is 13.0. The van der Waals surface area contributed by atoms with Crippen molar-refractivity contribution in [2.45, 2.75) is 0 Å². The highest BCUT2D eigenvalue weighted by Crippen LogP contribution is 2.19. The van der Waals surface area contributed by atoms with Crippen LogP contribution in [-0.4, -0.2) is 33.1 Å². The van der Waals surface area contributed by atoms with Crippen molar-refractivity contribution >= 4 is 11.7 Å². The van der Waals surface area contributed by atoms with E-state index in [1.54, 1.807) is 6.07 Å². The molecule has 0 saturated carbocycles. The van der Waals surface area contributed by atoms with Gasteiger partial charge in [0.25, 0.3) is 5.91 Å². The summed E-state index contributed by atoms with van der Waals surface area (Å²) in [6, 6.07) is 4.36. The number of nitrogens with zero attached hydrogens (tertiary/aromatic N) is 3. The third-order valence-electron chi connectivity index (χ3n) is 2.10. The number of carbonyl (C=O) groups excluding carboxylic acids is 1. The molecule has 0 aliphatic rings. The van der Waals surface area contributed by atoms with Crippen molar-refractivity contribution < 1.29 is 14.6 Å². The van der Waals surface area contributed by atoms with Gasteiger partial charge in [-0.2, -0.15) is 0 Å². The van der Waals surface area contributed by atoms with E-state index in [0.29, 0.717) is 0 Å². The van der Waals surface area contributed by atoms with Gasteiger partial charge < -0.3 is 15.2 Å². The van der Waals surface area contributed by atoms with Crippen molar-refractivity contribution in [3.63, 3.8) is 0 Å². The Bertz CT molecular complexity index is 574. The van der Waals surface area contributed by atoms with Gasteiger partial charge in [-0.1, -0.05) is 0 Å². The summed E-state index contributed by atoms with van der Waals surface area (Å²) in [5.74, 6) is -0.281. The van der Waals surface area contributed by atoms with Crippen LogP contribution in [0.15, 0.2) is 30.7 Å². The smallest absolute Gasteiger partial charge is 0.275 e. The number of ether oxygens (including phenoxy) is 1. The molecule has 0 aromatic carbocycles. The van der Waals surface area contributed by atoms with Crippen molar-refractivity contribution in [2.24, 2.45) is 0 Å². The van der Waals surface area contributed by atoms with Gasteiger partial charge in [-0.15, -0.1) is 0 Å². The van der Waals surface area contributed by atoms with Gasteiger partial charge in [-0.3, -0.25) is 4.79 Å². The van der Waals surface area contributed by atoms with Crippen LogP contribution in [0, 0.1) is 0 Å². The SMILES string of the molecule is COc1cc(C(=O)Nc2ncccc2O)ncn1. The van der Waals surface area contributed by atoms with Gasteiger partial charge in [0.05, 0.1) is 7.11 Å². The molecule has 2 aromatic rings. The van der Waals surface area contributed by atoms with Gasteiger partial charge in [0, 0.05) is 12.3 Å². The van der Waals surface area contributed by atoms with Crippen molar-refractivity contribution in [1.29, 1.82) is 0 Å². The molecule has 0 saturated heterocycles. The van der Waals surface area contributed by atoms with Gasteiger partial charge in [-0.25, -0.2) is 15.0 Å². The first-order valence-corrected chi connectivity index (χ1v) is 5.02. The number of rotatable bonds is 3. The molecule has 92 valence electrons. The van der Waals surface area contributed by atoms with Crippen LogP contribution in [0.4, 0.5) is 5.82 Å². The molecular formula is C11H10N4O3. The van der Waals surface area contributed by atoms with Crippen LogP contribution in [-0.2, 0) is 0 Å². The minimum Gasteiger partial charge on any atom is -0.504 e. The number of aromatic nitrogens is 3. The highest BCUT2D eigenvalue weighted by molar-refractivity contribution is 6.03. The van der Waals surface area contributed by atoms with E-state index in [9.17, 15) is 9.90 Å². The summed E-state index contributed by atoms with van der Waals surface area (Å²) >= 11 is 0. The second-order valence-electron chi connectivity index (χ2n) is 3.27. The molecule has 18 heavy (non-hydrogen) atoms. The molecule has 0 aliphatic heterocycles. The second-order valence-corrected chi connectivity index (χ2v) is 3.27. The number of aromatic hydroxyl groups is 1. The minimum atomic E-state index is -0.510. The molecule has 2 heterocycles. The summed E-state index contributed by atoms with van der Waals surface area (Å²) in [6.07, 6.45) is 2.67. The third-order valence-corrected chi connectivity index (χ3v) is 2.10. The lowest BCUT2D eigenvalue weighted by Crippen LogP contribution is -2.15.